The zero-order valence-electron chi connectivity index (χ0n) is 4.27. The van der Waals surface area contributed by atoms with Gasteiger partial charge < -0.3 is 5.11 Å². The predicted octanol–water partition coefficient (Wildman–Crippen LogP) is 1.23. The van der Waals surface area contributed by atoms with Gasteiger partial charge in [-0.3, -0.25) is 4.79 Å². The minimum absolute atomic E-state index is 0.910. The van der Waals surface area contributed by atoms with Crippen LogP contribution < -0.4 is 0 Å². The highest BCUT2D eigenvalue weighted by Crippen LogP contribution is 2.08. The lowest BCUT2D eigenvalue weighted by molar-refractivity contribution is -0.136. The Morgan fingerprint density at radius 3 is 2.25 bits per heavy atom. The van der Waals surface area contributed by atoms with E-state index < -0.39 is 16.1 Å². The average molecular weight is 232 g/mol. The molecule has 0 spiro atoms. The van der Waals surface area contributed by atoms with Crippen LogP contribution in [0.4, 0.5) is 4.39 Å². The Labute approximate surface area is 60.2 Å². The topological polar surface area (TPSA) is 37.3 Å². The summed E-state index contributed by atoms with van der Waals surface area (Å²) in [6.07, 6.45) is -1.27. The molecule has 0 amide bonds. The second kappa shape index (κ2) is 3.21. The van der Waals surface area contributed by atoms with Crippen molar-refractivity contribution in [2.75, 3.05) is 0 Å². The first-order valence-electron chi connectivity index (χ1n) is 2.06. The molecule has 2 atom stereocenters. The number of carboxylic acids is 1. The Kier molecular flexibility index (Phi) is 3.27. The first-order chi connectivity index (χ1) is 3.55. The van der Waals surface area contributed by atoms with Crippen molar-refractivity contribution < 1.29 is 14.3 Å². The maximum Gasteiger partial charge on any atom is 0.319 e. The van der Waals surface area contributed by atoms with E-state index in [0.717, 1.165) is 0 Å². The van der Waals surface area contributed by atoms with Crippen LogP contribution in [0, 0.1) is 0 Å². The number of carbonyl (C=O) groups is 1. The normalized spacial score (nSPS) is 17.4. The van der Waals surface area contributed by atoms with Gasteiger partial charge in [0.1, 0.15) is 10.1 Å². The maximum atomic E-state index is 12.0. The van der Waals surface area contributed by atoms with Gasteiger partial charge in [-0.25, -0.2) is 4.39 Å². The summed E-state index contributed by atoms with van der Waals surface area (Å²) < 4.78 is 11.0. The van der Waals surface area contributed by atoms with Crippen molar-refractivity contribution in [3.8, 4) is 0 Å². The van der Waals surface area contributed by atoms with Gasteiger partial charge in [0.15, 0.2) is 0 Å². The SMILES string of the molecule is CC(F)C(I)C(=O)O. The third kappa shape index (κ3) is 2.44. The lowest BCUT2D eigenvalue weighted by Gasteiger charge is -2.02. The summed E-state index contributed by atoms with van der Waals surface area (Å²) in [5.74, 6) is -1.10. The molecule has 4 heteroatoms. The van der Waals surface area contributed by atoms with Gasteiger partial charge in [-0.2, -0.15) is 0 Å². The smallest absolute Gasteiger partial charge is 0.319 e. The molecular weight excluding hydrogens is 226 g/mol. The molecule has 0 aliphatic carbocycles. The molecule has 0 fully saturated rings. The Bertz CT molecular complexity index is 94.0. The summed E-state index contributed by atoms with van der Waals surface area (Å²) >= 11 is 1.55. The number of carboxylic acid groups (broad SMARTS) is 1. The molecule has 2 unspecified atom stereocenters. The van der Waals surface area contributed by atoms with E-state index in [0.29, 0.717) is 0 Å². The summed E-state index contributed by atoms with van der Waals surface area (Å²) in [7, 11) is 0. The van der Waals surface area contributed by atoms with Crippen molar-refractivity contribution in [3.05, 3.63) is 0 Å². The fourth-order valence-electron chi connectivity index (χ4n) is 0.196. The average Bonchev–Trinajstić information content (AvgIpc) is 1.64. The van der Waals surface area contributed by atoms with Gasteiger partial charge in [0, 0.05) is 0 Å². The molecule has 0 aliphatic heterocycles. The highest BCUT2D eigenvalue weighted by atomic mass is 127. The molecule has 0 radical (unpaired) electrons. The molecular formula is C4H6FIO2. The summed E-state index contributed by atoms with van der Waals surface area (Å²) in [5.41, 5.74) is 0. The van der Waals surface area contributed by atoms with Gasteiger partial charge in [-0.05, 0) is 6.92 Å². The van der Waals surface area contributed by atoms with Gasteiger partial charge >= 0.3 is 5.97 Å². The van der Waals surface area contributed by atoms with Crippen LogP contribution in [0.5, 0.6) is 0 Å². The first-order valence-corrected chi connectivity index (χ1v) is 3.31. The summed E-state index contributed by atoms with van der Waals surface area (Å²) in [6.45, 7) is 1.23. The Hall–Kier alpha value is 0.130. The fraction of sp³-hybridized carbons (Fsp3) is 0.750. The van der Waals surface area contributed by atoms with Crippen molar-refractivity contribution >= 4 is 28.6 Å². The molecule has 0 aromatic rings. The molecule has 0 rings (SSSR count). The predicted molar refractivity (Wildman–Crippen MR) is 36.0 cm³/mol. The van der Waals surface area contributed by atoms with Crippen LogP contribution in [0.2, 0.25) is 0 Å². The molecule has 0 heterocycles. The Balaban J connectivity index is 3.64. The van der Waals surface area contributed by atoms with Crippen LogP contribution in [-0.4, -0.2) is 21.2 Å². The Morgan fingerprint density at radius 2 is 2.25 bits per heavy atom. The highest BCUT2D eigenvalue weighted by Gasteiger charge is 2.19. The second-order valence-electron chi connectivity index (χ2n) is 1.42. The highest BCUT2D eigenvalue weighted by molar-refractivity contribution is 14.1. The molecule has 1 N–H and O–H groups in total. The lowest BCUT2D eigenvalue weighted by atomic mass is 10.3. The quantitative estimate of drug-likeness (QED) is 0.574. The van der Waals surface area contributed by atoms with E-state index in [4.69, 9.17) is 5.11 Å². The molecule has 0 aromatic heterocycles. The zero-order valence-corrected chi connectivity index (χ0v) is 6.42. The van der Waals surface area contributed by atoms with E-state index in [1.54, 1.807) is 22.6 Å². The lowest BCUT2D eigenvalue weighted by Crippen LogP contribution is -2.21. The Morgan fingerprint density at radius 1 is 1.88 bits per heavy atom. The van der Waals surface area contributed by atoms with Crippen LogP contribution >= 0.6 is 22.6 Å². The van der Waals surface area contributed by atoms with Crippen molar-refractivity contribution in [2.45, 2.75) is 17.0 Å². The van der Waals surface area contributed by atoms with Gasteiger partial charge in [-0.15, -0.1) is 0 Å². The number of rotatable bonds is 2. The molecule has 0 aliphatic rings. The standard InChI is InChI=1S/C4H6FIO2/c1-2(5)3(6)4(7)8/h2-3H,1H3,(H,7,8). The van der Waals surface area contributed by atoms with E-state index >= 15 is 0 Å². The van der Waals surface area contributed by atoms with Crippen molar-refractivity contribution in [2.24, 2.45) is 0 Å². The minimum atomic E-state index is -1.27. The number of alkyl halides is 2. The van der Waals surface area contributed by atoms with Gasteiger partial charge in [0.05, 0.1) is 0 Å². The van der Waals surface area contributed by atoms with Crippen LogP contribution in [0.25, 0.3) is 0 Å². The van der Waals surface area contributed by atoms with Gasteiger partial charge in [0.2, 0.25) is 0 Å². The number of hydrogen-bond donors (Lipinski definition) is 1. The third-order valence-corrected chi connectivity index (χ3v) is 2.16. The molecule has 0 saturated heterocycles. The van der Waals surface area contributed by atoms with Gasteiger partial charge in [0.25, 0.3) is 0 Å². The van der Waals surface area contributed by atoms with Crippen molar-refractivity contribution in [1.29, 1.82) is 0 Å². The van der Waals surface area contributed by atoms with Crippen molar-refractivity contribution in [1.82, 2.24) is 0 Å². The summed E-state index contributed by atoms with van der Waals surface area (Å²) in [6, 6.07) is 0. The largest absolute Gasteiger partial charge is 0.480 e. The molecule has 0 saturated carbocycles. The number of aliphatic carboxylic acids is 1. The van der Waals surface area contributed by atoms with E-state index in [-0.39, 0.29) is 0 Å². The third-order valence-electron chi connectivity index (χ3n) is 0.639. The van der Waals surface area contributed by atoms with E-state index in [1.807, 2.05) is 0 Å². The van der Waals surface area contributed by atoms with Crippen LogP contribution in [0.1, 0.15) is 6.92 Å². The molecule has 8 heavy (non-hydrogen) atoms. The molecule has 48 valence electrons. The van der Waals surface area contributed by atoms with E-state index in [9.17, 15) is 9.18 Å². The summed E-state index contributed by atoms with van der Waals surface area (Å²) in [5, 5.41) is 8.10. The van der Waals surface area contributed by atoms with Crippen LogP contribution in [0.3, 0.4) is 0 Å². The summed E-state index contributed by atoms with van der Waals surface area (Å²) in [4.78, 5) is 9.89. The van der Waals surface area contributed by atoms with Gasteiger partial charge in [-0.1, -0.05) is 22.6 Å². The van der Waals surface area contributed by atoms with Crippen LogP contribution in [0.15, 0.2) is 0 Å². The molecule has 0 aromatic carbocycles. The number of halogens is 2. The van der Waals surface area contributed by atoms with Crippen molar-refractivity contribution in [3.63, 3.8) is 0 Å². The molecule has 2 nitrogen and oxygen atoms in total. The first kappa shape index (κ1) is 8.13. The second-order valence-corrected chi connectivity index (χ2v) is 2.76. The number of hydrogen-bond acceptors (Lipinski definition) is 1. The van der Waals surface area contributed by atoms with E-state index in [1.165, 1.54) is 6.92 Å². The maximum absolute atomic E-state index is 12.0. The molecule has 0 bridgehead atoms. The zero-order chi connectivity index (χ0) is 6.73. The van der Waals surface area contributed by atoms with E-state index in [2.05, 4.69) is 0 Å². The fourth-order valence-corrected chi connectivity index (χ4v) is 0.196. The minimum Gasteiger partial charge on any atom is -0.480 e. The van der Waals surface area contributed by atoms with Crippen LogP contribution in [-0.2, 0) is 4.79 Å². The monoisotopic (exact) mass is 232 g/mol.